The fraction of sp³-hybridized carbons (Fsp3) is 0.667. The summed E-state index contributed by atoms with van der Waals surface area (Å²) in [5, 5.41) is 3.19. The van der Waals surface area contributed by atoms with Crippen LogP contribution in [-0.4, -0.2) is 48.3 Å². The van der Waals surface area contributed by atoms with Crippen molar-refractivity contribution in [3.8, 4) is 0 Å². The Morgan fingerprint density at radius 1 is 1.30 bits per heavy atom. The van der Waals surface area contributed by atoms with Crippen LogP contribution in [0.1, 0.15) is 65.2 Å². The first-order valence-electron chi connectivity index (χ1n) is 8.65. The van der Waals surface area contributed by atoms with Gasteiger partial charge in [-0.15, -0.1) is 0 Å². The van der Waals surface area contributed by atoms with Crippen LogP contribution in [0.15, 0.2) is 0 Å². The Kier molecular flexibility index (Phi) is 5.99. The van der Waals surface area contributed by atoms with E-state index < -0.39 is 0 Å². The van der Waals surface area contributed by atoms with Crippen LogP contribution in [0.2, 0.25) is 0 Å². The summed E-state index contributed by atoms with van der Waals surface area (Å²) in [6.45, 7) is 8.09. The predicted molar refractivity (Wildman–Crippen MR) is 92.1 cm³/mol. The van der Waals surface area contributed by atoms with Crippen molar-refractivity contribution in [2.45, 2.75) is 46.5 Å². The molecule has 2 N–H and O–H groups in total. The number of aryl methyl sites for hydroxylation is 1. The molecule has 1 aromatic rings. The number of rotatable bonds is 6. The van der Waals surface area contributed by atoms with Gasteiger partial charge in [0.2, 0.25) is 0 Å². The Balaban J connectivity index is 2.10. The zero-order valence-electron chi connectivity index (χ0n) is 14.8. The van der Waals surface area contributed by atoms with Crippen LogP contribution in [-0.2, 0) is 6.42 Å². The van der Waals surface area contributed by atoms with Gasteiger partial charge in [-0.2, -0.15) is 0 Å². The Labute approximate surface area is 138 Å². The average molecular weight is 319 g/mol. The molecule has 0 radical (unpaired) electrons. The smallest absolute Gasteiger partial charge is 0.270 e. The first kappa shape index (κ1) is 17.7. The van der Waals surface area contributed by atoms with Gasteiger partial charge >= 0.3 is 0 Å². The first-order valence-corrected chi connectivity index (χ1v) is 8.65. The number of likely N-dealkylation sites (tertiary alicyclic amines) is 1. The van der Waals surface area contributed by atoms with Crippen molar-refractivity contribution in [2.24, 2.45) is 5.92 Å². The monoisotopic (exact) mass is 319 g/mol. The van der Waals surface area contributed by atoms with Crippen LogP contribution in [0.5, 0.6) is 0 Å². The molecule has 1 saturated heterocycles. The normalized spacial score (nSPS) is 15.9. The van der Waals surface area contributed by atoms with E-state index in [9.17, 15) is 9.59 Å². The van der Waals surface area contributed by atoms with Gasteiger partial charge in [0.15, 0.2) is 5.78 Å². The Bertz CT molecular complexity index is 569. The third kappa shape index (κ3) is 3.83. The molecule has 0 unspecified atom stereocenters. The number of aromatic nitrogens is 1. The largest absolute Gasteiger partial charge is 0.354 e. The predicted octanol–water partition coefficient (Wildman–Crippen LogP) is 2.55. The quantitative estimate of drug-likeness (QED) is 0.792. The van der Waals surface area contributed by atoms with Gasteiger partial charge in [-0.05, 0) is 64.6 Å². The van der Waals surface area contributed by atoms with E-state index in [1.165, 1.54) is 6.42 Å². The lowest BCUT2D eigenvalue weighted by atomic mass is 9.93. The molecule has 128 valence electrons. The number of piperidine rings is 1. The molecule has 0 atom stereocenters. The Hall–Kier alpha value is -1.62. The van der Waals surface area contributed by atoms with Crippen molar-refractivity contribution in [3.05, 3.63) is 22.5 Å². The van der Waals surface area contributed by atoms with Gasteiger partial charge in [-0.3, -0.25) is 9.59 Å². The topological polar surface area (TPSA) is 65.2 Å². The maximum atomic E-state index is 12.9. The number of Topliss-reactive ketones (excluding diaryl/α,β-unsaturated/α-hetero) is 1. The number of hydrogen-bond donors (Lipinski definition) is 2. The minimum absolute atomic E-state index is 0.0282. The Morgan fingerprint density at radius 3 is 2.48 bits per heavy atom. The zero-order valence-corrected chi connectivity index (χ0v) is 14.8. The second kappa shape index (κ2) is 7.77. The second-order valence-electron chi connectivity index (χ2n) is 6.52. The van der Waals surface area contributed by atoms with Crippen molar-refractivity contribution < 1.29 is 9.59 Å². The summed E-state index contributed by atoms with van der Waals surface area (Å²) in [5.74, 6) is 0.778. The number of ketones is 1. The summed E-state index contributed by atoms with van der Waals surface area (Å²) in [6.07, 6.45) is 4.00. The molecule has 23 heavy (non-hydrogen) atoms. The molecule has 1 aromatic heterocycles. The van der Waals surface area contributed by atoms with Crippen molar-refractivity contribution >= 4 is 11.7 Å². The number of aromatic amines is 1. The number of carbonyl (C=O) groups excluding carboxylic acids is 2. The molecule has 1 fully saturated rings. The maximum Gasteiger partial charge on any atom is 0.270 e. The molecule has 0 aromatic carbocycles. The van der Waals surface area contributed by atoms with Crippen LogP contribution >= 0.6 is 0 Å². The minimum atomic E-state index is 0.0282. The van der Waals surface area contributed by atoms with Gasteiger partial charge < -0.3 is 15.2 Å². The van der Waals surface area contributed by atoms with Gasteiger partial charge in [0, 0.05) is 24.3 Å². The van der Waals surface area contributed by atoms with Crippen molar-refractivity contribution in [3.63, 3.8) is 0 Å². The van der Waals surface area contributed by atoms with Crippen LogP contribution < -0.4 is 5.32 Å². The molecule has 1 amide bonds. The lowest BCUT2D eigenvalue weighted by Crippen LogP contribution is -2.39. The van der Waals surface area contributed by atoms with Gasteiger partial charge in [0.25, 0.3) is 5.91 Å². The first-order chi connectivity index (χ1) is 11.0. The maximum absolute atomic E-state index is 12.9. The molecular weight excluding hydrogens is 290 g/mol. The highest BCUT2D eigenvalue weighted by Gasteiger charge is 2.28. The van der Waals surface area contributed by atoms with E-state index >= 15 is 0 Å². The summed E-state index contributed by atoms with van der Waals surface area (Å²) in [4.78, 5) is 29.8. The number of nitrogens with zero attached hydrogens (tertiary/aromatic N) is 1. The lowest BCUT2D eigenvalue weighted by molar-refractivity contribution is 0.0680. The summed E-state index contributed by atoms with van der Waals surface area (Å²) in [7, 11) is 1.98. The van der Waals surface area contributed by atoms with Gasteiger partial charge in [0.05, 0.1) is 0 Å². The average Bonchev–Trinajstić information content (AvgIpc) is 2.89. The van der Waals surface area contributed by atoms with Crippen LogP contribution in [0.25, 0.3) is 0 Å². The number of hydrogen-bond acceptors (Lipinski definition) is 3. The standard InChI is InChI=1S/C18H29N3O2/c1-5-15-16(13(3)22)12(2)20-17(15)18(23)21-10-7-14(8-11-21)6-9-19-4/h14,19-20H,5-11H2,1-4H3. The minimum Gasteiger partial charge on any atom is -0.354 e. The van der Waals surface area contributed by atoms with Crippen LogP contribution in [0.3, 0.4) is 0 Å². The van der Waals surface area contributed by atoms with Crippen LogP contribution in [0, 0.1) is 12.8 Å². The summed E-state index contributed by atoms with van der Waals surface area (Å²) in [6, 6.07) is 0. The highest BCUT2D eigenvalue weighted by Crippen LogP contribution is 2.25. The molecule has 0 aliphatic carbocycles. The van der Waals surface area contributed by atoms with Crippen molar-refractivity contribution in [1.82, 2.24) is 15.2 Å². The molecule has 1 aliphatic heterocycles. The van der Waals surface area contributed by atoms with Gasteiger partial charge in [-0.25, -0.2) is 0 Å². The lowest BCUT2D eigenvalue weighted by Gasteiger charge is -2.32. The highest BCUT2D eigenvalue weighted by molar-refractivity contribution is 6.02. The van der Waals surface area contributed by atoms with E-state index in [-0.39, 0.29) is 11.7 Å². The van der Waals surface area contributed by atoms with E-state index in [0.29, 0.717) is 23.6 Å². The summed E-state index contributed by atoms with van der Waals surface area (Å²) < 4.78 is 0. The van der Waals surface area contributed by atoms with Crippen LogP contribution in [0.4, 0.5) is 0 Å². The van der Waals surface area contributed by atoms with Crippen molar-refractivity contribution in [1.29, 1.82) is 0 Å². The molecule has 5 nitrogen and oxygen atoms in total. The number of carbonyl (C=O) groups is 2. The van der Waals surface area contributed by atoms with Crippen molar-refractivity contribution in [2.75, 3.05) is 26.7 Å². The van der Waals surface area contributed by atoms with E-state index in [2.05, 4.69) is 10.3 Å². The molecule has 2 heterocycles. The SMILES string of the molecule is CCc1c(C(=O)N2CCC(CCNC)CC2)[nH]c(C)c1C(C)=O. The molecule has 0 spiro atoms. The molecular formula is C18H29N3O2. The second-order valence-corrected chi connectivity index (χ2v) is 6.52. The van der Waals surface area contributed by atoms with E-state index in [1.54, 1.807) is 6.92 Å². The number of nitrogens with one attached hydrogen (secondary N) is 2. The number of amides is 1. The third-order valence-corrected chi connectivity index (χ3v) is 4.91. The molecule has 2 rings (SSSR count). The molecule has 5 heteroatoms. The molecule has 0 saturated carbocycles. The summed E-state index contributed by atoms with van der Waals surface area (Å²) >= 11 is 0. The van der Waals surface area contributed by atoms with Gasteiger partial charge in [-0.1, -0.05) is 6.92 Å². The zero-order chi connectivity index (χ0) is 17.0. The fourth-order valence-electron chi connectivity index (χ4n) is 3.62. The molecule has 0 bridgehead atoms. The number of H-pyrrole nitrogens is 1. The molecule has 1 aliphatic rings. The van der Waals surface area contributed by atoms with Gasteiger partial charge in [0.1, 0.15) is 5.69 Å². The summed E-state index contributed by atoms with van der Waals surface area (Å²) in [5.41, 5.74) is 2.99. The van der Waals surface area contributed by atoms with E-state index in [4.69, 9.17) is 0 Å². The van der Waals surface area contributed by atoms with E-state index in [1.807, 2.05) is 25.8 Å². The highest BCUT2D eigenvalue weighted by atomic mass is 16.2. The Morgan fingerprint density at radius 2 is 1.96 bits per heavy atom. The fourth-order valence-corrected chi connectivity index (χ4v) is 3.62. The third-order valence-electron chi connectivity index (χ3n) is 4.91. The van der Waals surface area contributed by atoms with E-state index in [0.717, 1.165) is 43.7 Å².